The maximum absolute atomic E-state index is 12.7. The fourth-order valence-electron chi connectivity index (χ4n) is 4.10. The van der Waals surface area contributed by atoms with Crippen molar-refractivity contribution < 1.29 is 14.3 Å². The van der Waals surface area contributed by atoms with Gasteiger partial charge in [0.15, 0.2) is 5.17 Å². The number of nitrogens with zero attached hydrogens (tertiary/aromatic N) is 2. The number of hydrogen-bond donors (Lipinski definition) is 1. The number of aliphatic imine (C=N–C) groups is 1. The molecule has 2 aromatic carbocycles. The average Bonchev–Trinajstić information content (AvgIpc) is 2.82. The van der Waals surface area contributed by atoms with Gasteiger partial charge in [-0.05, 0) is 43.0 Å². The molecule has 1 amide bonds. The number of anilines is 1. The lowest BCUT2D eigenvalue weighted by atomic mass is 9.94. The van der Waals surface area contributed by atoms with Gasteiger partial charge in [-0.1, -0.05) is 54.2 Å². The molecule has 1 saturated heterocycles. The number of fused-ring (bicyclic) bond motifs is 1. The fourth-order valence-corrected chi connectivity index (χ4v) is 5.12. The maximum atomic E-state index is 12.7. The van der Waals surface area contributed by atoms with Crippen molar-refractivity contribution in [2.45, 2.75) is 32.2 Å². The second kappa shape index (κ2) is 10.0. The van der Waals surface area contributed by atoms with E-state index < -0.39 is 0 Å². The number of allylic oxidation sites excluding steroid dienone is 1. The zero-order valence-electron chi connectivity index (χ0n) is 18.3. The second-order valence-electron chi connectivity index (χ2n) is 7.84. The number of ether oxygens (including phenoxy) is 1. The van der Waals surface area contributed by atoms with Crippen LogP contribution in [0, 0.1) is 0 Å². The van der Waals surface area contributed by atoms with Gasteiger partial charge in [-0.25, -0.2) is 9.79 Å². The molecule has 4 rings (SSSR count). The van der Waals surface area contributed by atoms with Gasteiger partial charge in [-0.2, -0.15) is 0 Å². The molecule has 0 bridgehead atoms. The number of aryl methyl sites for hydroxylation is 1. The van der Waals surface area contributed by atoms with Crippen LogP contribution in [-0.4, -0.2) is 41.4 Å². The van der Waals surface area contributed by atoms with Crippen molar-refractivity contribution in [1.29, 1.82) is 0 Å². The molecule has 0 spiro atoms. The first-order valence-electron chi connectivity index (χ1n) is 10.8. The van der Waals surface area contributed by atoms with E-state index in [0.29, 0.717) is 24.1 Å². The first kappa shape index (κ1) is 22.1. The largest absolute Gasteiger partial charge is 0.466 e. The Morgan fingerprint density at radius 3 is 2.78 bits per heavy atom. The molecule has 2 aromatic rings. The Labute approximate surface area is 192 Å². The molecular formula is C25H27N3O3S. The highest BCUT2D eigenvalue weighted by Gasteiger charge is 2.37. The molecule has 1 N–H and O–H groups in total. The zero-order chi connectivity index (χ0) is 22.5. The number of rotatable bonds is 6. The zero-order valence-corrected chi connectivity index (χ0v) is 19.2. The summed E-state index contributed by atoms with van der Waals surface area (Å²) in [5.41, 5.74) is 4.01. The minimum absolute atomic E-state index is 0.0367. The van der Waals surface area contributed by atoms with Crippen LogP contribution in [0.5, 0.6) is 0 Å². The third-order valence-electron chi connectivity index (χ3n) is 5.63. The van der Waals surface area contributed by atoms with E-state index in [2.05, 4.69) is 15.2 Å². The Balaban J connectivity index is 1.56. The van der Waals surface area contributed by atoms with Crippen molar-refractivity contribution in [3.63, 3.8) is 0 Å². The predicted molar refractivity (Wildman–Crippen MR) is 129 cm³/mol. The summed E-state index contributed by atoms with van der Waals surface area (Å²) in [5, 5.41) is 3.94. The fraction of sp³-hybridized carbons (Fsp3) is 0.320. The van der Waals surface area contributed by atoms with E-state index in [9.17, 15) is 9.59 Å². The van der Waals surface area contributed by atoms with Crippen LogP contribution in [-0.2, 0) is 20.7 Å². The molecule has 7 heteroatoms. The van der Waals surface area contributed by atoms with Crippen molar-refractivity contribution >= 4 is 34.5 Å². The molecule has 2 aliphatic heterocycles. The Kier molecular flexibility index (Phi) is 6.95. The van der Waals surface area contributed by atoms with Crippen LogP contribution in [0.2, 0.25) is 0 Å². The van der Waals surface area contributed by atoms with E-state index in [1.165, 1.54) is 7.11 Å². The second-order valence-corrected chi connectivity index (χ2v) is 8.90. The molecule has 1 unspecified atom stereocenters. The minimum atomic E-state index is -0.372. The number of methoxy groups -OCH3 is 1. The normalized spacial score (nSPS) is 18.0. The molecular weight excluding hydrogens is 422 g/mol. The van der Waals surface area contributed by atoms with E-state index >= 15 is 0 Å². The van der Waals surface area contributed by atoms with Crippen LogP contribution < -0.4 is 5.32 Å². The monoisotopic (exact) mass is 449 g/mol. The van der Waals surface area contributed by atoms with Crippen LogP contribution in [0.1, 0.15) is 36.9 Å². The van der Waals surface area contributed by atoms with E-state index in [0.717, 1.165) is 40.7 Å². The molecule has 0 saturated carbocycles. The van der Waals surface area contributed by atoms with Crippen molar-refractivity contribution in [2.75, 3.05) is 24.7 Å². The first-order valence-corrected chi connectivity index (χ1v) is 11.8. The number of carbonyl (C=O) groups excluding carboxylic acids is 2. The van der Waals surface area contributed by atoms with Crippen LogP contribution in [0.3, 0.4) is 0 Å². The molecule has 2 aliphatic rings. The molecule has 6 nitrogen and oxygen atoms in total. The Morgan fingerprint density at radius 2 is 2.00 bits per heavy atom. The van der Waals surface area contributed by atoms with Gasteiger partial charge in [0.25, 0.3) is 0 Å². The minimum Gasteiger partial charge on any atom is -0.466 e. The molecule has 32 heavy (non-hydrogen) atoms. The van der Waals surface area contributed by atoms with Gasteiger partial charge in [0.2, 0.25) is 5.91 Å². The SMILES string of the molecule is COC(=O)C1=C(C)N=C2SCCCN2C1c1cccc(NC(=O)CCc2ccccc2)c1. The van der Waals surface area contributed by atoms with Gasteiger partial charge in [0.05, 0.1) is 24.4 Å². The van der Waals surface area contributed by atoms with E-state index in [4.69, 9.17) is 4.74 Å². The smallest absolute Gasteiger partial charge is 0.338 e. The number of carbonyl (C=O) groups is 2. The predicted octanol–water partition coefficient (Wildman–Crippen LogP) is 4.55. The summed E-state index contributed by atoms with van der Waals surface area (Å²) in [4.78, 5) is 32.0. The lowest BCUT2D eigenvalue weighted by molar-refractivity contribution is -0.137. The number of thioether (sulfide) groups is 1. The van der Waals surface area contributed by atoms with Crippen molar-refractivity contribution in [3.8, 4) is 0 Å². The van der Waals surface area contributed by atoms with Crippen molar-refractivity contribution in [3.05, 3.63) is 77.0 Å². The lowest BCUT2D eigenvalue weighted by Gasteiger charge is -2.40. The van der Waals surface area contributed by atoms with E-state index in [-0.39, 0.29) is 17.9 Å². The lowest BCUT2D eigenvalue weighted by Crippen LogP contribution is -2.42. The standard InChI is InChI=1S/C25H27N3O3S/c1-17-22(24(30)31-2)23(28-14-7-15-32-25(28)26-17)19-10-6-11-20(16-19)27-21(29)13-12-18-8-4-3-5-9-18/h3-6,8-11,16,23H,7,12-15H2,1-2H3,(H,27,29). The van der Waals surface area contributed by atoms with Crippen LogP contribution in [0.25, 0.3) is 0 Å². The van der Waals surface area contributed by atoms with Crippen LogP contribution in [0.15, 0.2) is 70.9 Å². The van der Waals surface area contributed by atoms with E-state index in [1.54, 1.807) is 11.8 Å². The van der Waals surface area contributed by atoms with Crippen molar-refractivity contribution in [2.24, 2.45) is 4.99 Å². The molecule has 2 heterocycles. The highest BCUT2D eigenvalue weighted by Crippen LogP contribution is 2.40. The number of amides is 1. The quantitative estimate of drug-likeness (QED) is 0.655. The third kappa shape index (κ3) is 4.88. The first-order chi connectivity index (χ1) is 15.6. The summed E-state index contributed by atoms with van der Waals surface area (Å²) in [7, 11) is 1.40. The topological polar surface area (TPSA) is 71.0 Å². The summed E-state index contributed by atoms with van der Waals surface area (Å²) < 4.78 is 5.09. The molecule has 166 valence electrons. The summed E-state index contributed by atoms with van der Waals surface area (Å²) in [6.45, 7) is 2.67. The average molecular weight is 450 g/mol. The molecule has 1 atom stereocenters. The summed E-state index contributed by atoms with van der Waals surface area (Å²) >= 11 is 1.71. The summed E-state index contributed by atoms with van der Waals surface area (Å²) in [5.74, 6) is 0.606. The van der Waals surface area contributed by atoms with Gasteiger partial charge in [-0.3, -0.25) is 4.79 Å². The Bertz CT molecular complexity index is 1070. The number of benzene rings is 2. The van der Waals surface area contributed by atoms with Gasteiger partial charge in [0, 0.05) is 24.4 Å². The summed E-state index contributed by atoms with van der Waals surface area (Å²) in [6.07, 6.45) is 2.11. The Morgan fingerprint density at radius 1 is 1.19 bits per heavy atom. The van der Waals surface area contributed by atoms with Gasteiger partial charge >= 0.3 is 5.97 Å². The van der Waals surface area contributed by atoms with Gasteiger partial charge in [0.1, 0.15) is 0 Å². The van der Waals surface area contributed by atoms with Crippen LogP contribution in [0.4, 0.5) is 5.69 Å². The third-order valence-corrected chi connectivity index (χ3v) is 6.71. The van der Waals surface area contributed by atoms with Crippen molar-refractivity contribution in [1.82, 2.24) is 4.90 Å². The Hall–Kier alpha value is -3.06. The number of esters is 1. The maximum Gasteiger partial charge on any atom is 0.338 e. The molecule has 0 radical (unpaired) electrons. The number of nitrogens with one attached hydrogen (secondary N) is 1. The van der Waals surface area contributed by atoms with Gasteiger partial charge in [-0.15, -0.1) is 0 Å². The number of hydrogen-bond acceptors (Lipinski definition) is 6. The number of amidine groups is 1. The van der Waals surface area contributed by atoms with E-state index in [1.807, 2.05) is 61.5 Å². The molecule has 0 aliphatic carbocycles. The highest BCUT2D eigenvalue weighted by atomic mass is 32.2. The molecule has 0 aromatic heterocycles. The highest BCUT2D eigenvalue weighted by molar-refractivity contribution is 8.13. The molecule has 1 fully saturated rings. The van der Waals surface area contributed by atoms with Crippen LogP contribution >= 0.6 is 11.8 Å². The summed E-state index contributed by atoms with van der Waals surface area (Å²) in [6, 6.07) is 17.4. The van der Waals surface area contributed by atoms with Gasteiger partial charge < -0.3 is 15.0 Å².